The van der Waals surface area contributed by atoms with Gasteiger partial charge in [0.25, 0.3) is 0 Å². The molecule has 0 saturated carbocycles. The number of hydrogen-bond donors (Lipinski definition) is 1. The summed E-state index contributed by atoms with van der Waals surface area (Å²) in [6.45, 7) is 10.3. The molecule has 0 amide bonds. The molecule has 2 heteroatoms. The largest absolute Gasteiger partial charge is 0.392 e. The summed E-state index contributed by atoms with van der Waals surface area (Å²) in [6, 6.07) is 0. The van der Waals surface area contributed by atoms with Crippen molar-refractivity contribution < 1.29 is 9.84 Å². The number of ether oxygens (including phenoxy) is 1. The Balaban J connectivity index is 2.70. The molecular weight excluding hydrogens is 152 g/mol. The SMILES string of the molecule is C=CC1(C)CC(O)C(C)(C)CO1. The Morgan fingerprint density at radius 2 is 2.08 bits per heavy atom. The Kier molecular flexibility index (Phi) is 2.32. The van der Waals surface area contributed by atoms with Crippen LogP contribution in [0.3, 0.4) is 0 Å². The molecule has 1 N–H and O–H groups in total. The van der Waals surface area contributed by atoms with Gasteiger partial charge in [0, 0.05) is 11.8 Å². The Labute approximate surface area is 74.2 Å². The summed E-state index contributed by atoms with van der Waals surface area (Å²) in [4.78, 5) is 0. The summed E-state index contributed by atoms with van der Waals surface area (Å²) in [5.74, 6) is 0. The van der Waals surface area contributed by atoms with Gasteiger partial charge < -0.3 is 9.84 Å². The molecule has 2 atom stereocenters. The third-order valence-electron chi connectivity index (χ3n) is 2.71. The van der Waals surface area contributed by atoms with Crippen molar-refractivity contribution in [2.75, 3.05) is 6.61 Å². The molecule has 1 saturated heterocycles. The Bertz CT molecular complexity index is 186. The first-order valence-corrected chi connectivity index (χ1v) is 4.35. The predicted octanol–water partition coefficient (Wildman–Crippen LogP) is 1.74. The van der Waals surface area contributed by atoms with E-state index in [1.807, 2.05) is 20.8 Å². The maximum absolute atomic E-state index is 9.78. The van der Waals surface area contributed by atoms with E-state index in [0.29, 0.717) is 13.0 Å². The molecule has 0 aromatic rings. The van der Waals surface area contributed by atoms with E-state index < -0.39 is 0 Å². The van der Waals surface area contributed by atoms with Crippen molar-refractivity contribution in [3.05, 3.63) is 12.7 Å². The molecular formula is C10H18O2. The molecule has 1 fully saturated rings. The number of hydrogen-bond acceptors (Lipinski definition) is 2. The van der Waals surface area contributed by atoms with E-state index in [2.05, 4.69) is 6.58 Å². The van der Waals surface area contributed by atoms with Gasteiger partial charge >= 0.3 is 0 Å². The quantitative estimate of drug-likeness (QED) is 0.607. The minimum atomic E-state index is -0.338. The highest BCUT2D eigenvalue weighted by Crippen LogP contribution is 2.36. The maximum atomic E-state index is 9.78. The fourth-order valence-electron chi connectivity index (χ4n) is 1.31. The smallest absolute Gasteiger partial charge is 0.0856 e. The minimum absolute atomic E-state index is 0.123. The van der Waals surface area contributed by atoms with Crippen molar-refractivity contribution in [1.82, 2.24) is 0 Å². The second-order valence-electron chi connectivity index (χ2n) is 4.51. The number of aliphatic hydroxyl groups excluding tert-OH is 1. The third-order valence-corrected chi connectivity index (χ3v) is 2.71. The average molecular weight is 170 g/mol. The van der Waals surface area contributed by atoms with Crippen LogP contribution in [0.1, 0.15) is 27.2 Å². The van der Waals surface area contributed by atoms with Gasteiger partial charge in [0.15, 0.2) is 0 Å². The van der Waals surface area contributed by atoms with Gasteiger partial charge in [0.1, 0.15) is 0 Å². The summed E-state index contributed by atoms with van der Waals surface area (Å²) in [5.41, 5.74) is -0.461. The van der Waals surface area contributed by atoms with Crippen molar-refractivity contribution in [2.24, 2.45) is 5.41 Å². The topological polar surface area (TPSA) is 29.5 Å². The van der Waals surface area contributed by atoms with E-state index in [1.165, 1.54) is 0 Å². The van der Waals surface area contributed by atoms with Crippen LogP contribution in [0.25, 0.3) is 0 Å². The molecule has 0 bridgehead atoms. The highest BCUT2D eigenvalue weighted by molar-refractivity contribution is 5.01. The van der Waals surface area contributed by atoms with Crippen LogP contribution < -0.4 is 0 Å². The fraction of sp³-hybridized carbons (Fsp3) is 0.800. The minimum Gasteiger partial charge on any atom is -0.392 e. The number of aliphatic hydroxyl groups is 1. The van der Waals surface area contributed by atoms with Crippen molar-refractivity contribution in [3.63, 3.8) is 0 Å². The number of rotatable bonds is 1. The third kappa shape index (κ3) is 1.70. The van der Waals surface area contributed by atoms with Crippen LogP contribution in [-0.2, 0) is 4.74 Å². The standard InChI is InChI=1S/C10H18O2/c1-5-10(4)6-8(11)9(2,3)7-12-10/h5,8,11H,1,6-7H2,2-4H3. The van der Waals surface area contributed by atoms with E-state index >= 15 is 0 Å². The van der Waals surface area contributed by atoms with Crippen molar-refractivity contribution in [1.29, 1.82) is 0 Å². The van der Waals surface area contributed by atoms with E-state index in [0.717, 1.165) is 0 Å². The zero-order chi connectivity index (χ0) is 9.41. The molecule has 12 heavy (non-hydrogen) atoms. The van der Waals surface area contributed by atoms with Crippen LogP contribution >= 0.6 is 0 Å². The molecule has 1 rings (SSSR count). The van der Waals surface area contributed by atoms with Gasteiger partial charge in [-0.15, -0.1) is 6.58 Å². The van der Waals surface area contributed by atoms with Crippen LogP contribution in [-0.4, -0.2) is 23.4 Å². The van der Waals surface area contributed by atoms with Crippen LogP contribution in [0.5, 0.6) is 0 Å². The second-order valence-corrected chi connectivity index (χ2v) is 4.51. The monoisotopic (exact) mass is 170 g/mol. The average Bonchev–Trinajstić information content (AvgIpc) is 1.99. The molecule has 0 radical (unpaired) electrons. The van der Waals surface area contributed by atoms with Crippen molar-refractivity contribution in [3.8, 4) is 0 Å². The summed E-state index contributed by atoms with van der Waals surface area (Å²) in [5, 5.41) is 9.78. The Morgan fingerprint density at radius 1 is 1.50 bits per heavy atom. The van der Waals surface area contributed by atoms with Crippen LogP contribution in [0.4, 0.5) is 0 Å². The first-order chi connectivity index (χ1) is 5.40. The van der Waals surface area contributed by atoms with Gasteiger partial charge in [0.05, 0.1) is 18.3 Å². The van der Waals surface area contributed by atoms with Gasteiger partial charge in [-0.05, 0) is 6.92 Å². The van der Waals surface area contributed by atoms with Crippen molar-refractivity contribution in [2.45, 2.75) is 38.9 Å². The van der Waals surface area contributed by atoms with Gasteiger partial charge in [-0.25, -0.2) is 0 Å². The lowest BCUT2D eigenvalue weighted by Gasteiger charge is -2.43. The molecule has 0 aromatic carbocycles. The van der Waals surface area contributed by atoms with E-state index in [-0.39, 0.29) is 17.1 Å². The summed E-state index contributed by atoms with van der Waals surface area (Å²) in [7, 11) is 0. The van der Waals surface area contributed by atoms with Crippen molar-refractivity contribution >= 4 is 0 Å². The predicted molar refractivity (Wildman–Crippen MR) is 49.0 cm³/mol. The van der Waals surface area contributed by atoms with Gasteiger partial charge in [-0.2, -0.15) is 0 Å². The van der Waals surface area contributed by atoms with Crippen LogP contribution in [0.2, 0.25) is 0 Å². The van der Waals surface area contributed by atoms with E-state index in [4.69, 9.17) is 4.74 Å². The molecule has 70 valence electrons. The van der Waals surface area contributed by atoms with Crippen LogP contribution in [0, 0.1) is 5.41 Å². The molecule has 1 aliphatic rings. The highest BCUT2D eigenvalue weighted by atomic mass is 16.5. The normalized spacial score (nSPS) is 40.8. The first kappa shape index (κ1) is 9.75. The first-order valence-electron chi connectivity index (χ1n) is 4.35. The Morgan fingerprint density at radius 3 is 2.50 bits per heavy atom. The summed E-state index contributed by atoms with van der Waals surface area (Å²) < 4.78 is 5.62. The molecule has 1 heterocycles. The summed E-state index contributed by atoms with van der Waals surface area (Å²) >= 11 is 0. The lowest BCUT2D eigenvalue weighted by Crippen LogP contribution is -2.48. The highest BCUT2D eigenvalue weighted by Gasteiger charge is 2.40. The van der Waals surface area contributed by atoms with Gasteiger partial charge in [-0.3, -0.25) is 0 Å². The molecule has 0 aromatic heterocycles. The lowest BCUT2D eigenvalue weighted by molar-refractivity contribution is -0.147. The molecule has 0 spiro atoms. The molecule has 2 unspecified atom stereocenters. The second kappa shape index (κ2) is 2.86. The van der Waals surface area contributed by atoms with Gasteiger partial charge in [0.2, 0.25) is 0 Å². The zero-order valence-corrected chi connectivity index (χ0v) is 8.13. The van der Waals surface area contributed by atoms with Crippen LogP contribution in [0.15, 0.2) is 12.7 Å². The maximum Gasteiger partial charge on any atom is 0.0856 e. The fourth-order valence-corrected chi connectivity index (χ4v) is 1.31. The van der Waals surface area contributed by atoms with E-state index in [1.54, 1.807) is 6.08 Å². The summed E-state index contributed by atoms with van der Waals surface area (Å²) in [6.07, 6.45) is 2.11. The molecule has 1 aliphatic heterocycles. The lowest BCUT2D eigenvalue weighted by atomic mass is 9.78. The molecule has 0 aliphatic carbocycles. The van der Waals surface area contributed by atoms with Gasteiger partial charge in [-0.1, -0.05) is 19.9 Å². The zero-order valence-electron chi connectivity index (χ0n) is 8.13. The molecule has 2 nitrogen and oxygen atoms in total. The Hall–Kier alpha value is -0.340. The van der Waals surface area contributed by atoms with E-state index in [9.17, 15) is 5.11 Å².